The minimum absolute atomic E-state index is 0.424. The minimum atomic E-state index is 0.424. The molecule has 5 nitrogen and oxygen atoms in total. The van der Waals surface area contributed by atoms with Gasteiger partial charge in [0.25, 0.3) is 0 Å². The molecule has 0 saturated heterocycles. The lowest BCUT2D eigenvalue weighted by Crippen LogP contribution is -2.21. The lowest BCUT2D eigenvalue weighted by atomic mass is 10.0. The Labute approximate surface area is 180 Å². The number of rotatable bonds is 7. The van der Waals surface area contributed by atoms with E-state index < -0.39 is 0 Å². The normalized spacial score (nSPS) is 12.6. The molecule has 30 heavy (non-hydrogen) atoms. The highest BCUT2D eigenvalue weighted by Crippen LogP contribution is 2.40. The molecule has 1 aliphatic rings. The molecule has 2 aromatic carbocycles. The smallest absolute Gasteiger partial charge is 0.192 e. The highest BCUT2D eigenvalue weighted by atomic mass is 32.1. The van der Waals surface area contributed by atoms with E-state index in [0.29, 0.717) is 42.2 Å². The van der Waals surface area contributed by atoms with Crippen LogP contribution in [0.2, 0.25) is 0 Å². The fourth-order valence-corrected chi connectivity index (χ4v) is 4.08. The van der Waals surface area contributed by atoms with E-state index in [9.17, 15) is 5.26 Å². The van der Waals surface area contributed by atoms with Crippen LogP contribution in [0.4, 0.5) is 0 Å². The molecule has 0 radical (unpaired) electrons. The average molecular weight is 421 g/mol. The topological polar surface area (TPSA) is 63.5 Å². The minimum Gasteiger partial charge on any atom is -0.486 e. The number of hydrogen-bond acceptors (Lipinski definition) is 6. The van der Waals surface area contributed by atoms with Gasteiger partial charge in [-0.25, -0.2) is 0 Å². The van der Waals surface area contributed by atoms with Crippen molar-refractivity contribution in [3.8, 4) is 33.8 Å². The third-order valence-electron chi connectivity index (χ3n) is 4.83. The van der Waals surface area contributed by atoms with Crippen molar-refractivity contribution < 1.29 is 14.2 Å². The second-order valence-electron chi connectivity index (χ2n) is 7.42. The van der Waals surface area contributed by atoms with E-state index in [-0.39, 0.29) is 0 Å². The van der Waals surface area contributed by atoms with Crippen molar-refractivity contribution in [2.75, 3.05) is 13.2 Å². The number of benzene rings is 2. The van der Waals surface area contributed by atoms with Crippen molar-refractivity contribution in [1.29, 1.82) is 5.26 Å². The summed E-state index contributed by atoms with van der Waals surface area (Å²) in [6.45, 7) is 6.63. The van der Waals surface area contributed by atoms with Gasteiger partial charge in [-0.15, -0.1) is 11.3 Å². The van der Waals surface area contributed by atoms with E-state index in [2.05, 4.69) is 49.5 Å². The van der Waals surface area contributed by atoms with Crippen LogP contribution >= 0.6 is 11.3 Å². The summed E-state index contributed by atoms with van der Waals surface area (Å²) >= 11 is 1.44. The van der Waals surface area contributed by atoms with Crippen LogP contribution in [0.5, 0.6) is 16.6 Å². The molecule has 4 rings (SSSR count). The van der Waals surface area contributed by atoms with Crippen molar-refractivity contribution in [3.63, 3.8) is 0 Å². The van der Waals surface area contributed by atoms with Crippen LogP contribution in [-0.2, 0) is 13.2 Å². The first-order valence-corrected chi connectivity index (χ1v) is 10.9. The van der Waals surface area contributed by atoms with Gasteiger partial charge in [-0.05, 0) is 28.8 Å². The monoisotopic (exact) mass is 420 g/mol. The van der Waals surface area contributed by atoms with Crippen molar-refractivity contribution in [2.24, 2.45) is 0 Å². The summed E-state index contributed by atoms with van der Waals surface area (Å²) < 4.78 is 17.2. The Balaban J connectivity index is 1.46. The number of hydrogen-bond donors (Lipinski definition) is 1. The molecule has 3 aromatic rings. The number of fused-ring (bicyclic) bond motifs is 1. The number of thiophene rings is 1. The summed E-state index contributed by atoms with van der Waals surface area (Å²) in [5.41, 5.74) is 4.63. The standard InChI is InChI=1S/C24H24N2O3S/c1-16(2)26-13-17-3-5-18(6-4-17)14-29-24-20(12-25)21(15-30-24)19-7-8-22-23(11-19)28-10-9-27-22/h3-8,11,15-16,26H,9-10,13-14H2,1-2H3. The Hall–Kier alpha value is -3.01. The predicted octanol–water partition coefficient (Wildman–Crippen LogP) is 5.13. The third-order valence-corrected chi connectivity index (χ3v) is 5.72. The zero-order valence-electron chi connectivity index (χ0n) is 17.1. The van der Waals surface area contributed by atoms with E-state index in [0.717, 1.165) is 29.0 Å². The Morgan fingerprint density at radius 3 is 2.53 bits per heavy atom. The van der Waals surface area contributed by atoms with Crippen LogP contribution in [-0.4, -0.2) is 19.3 Å². The van der Waals surface area contributed by atoms with Crippen molar-refractivity contribution in [1.82, 2.24) is 5.32 Å². The van der Waals surface area contributed by atoms with E-state index in [1.807, 2.05) is 23.6 Å². The molecule has 0 bridgehead atoms. The fourth-order valence-electron chi connectivity index (χ4n) is 3.20. The zero-order valence-corrected chi connectivity index (χ0v) is 17.9. The lowest BCUT2D eigenvalue weighted by Gasteiger charge is -2.18. The van der Waals surface area contributed by atoms with Crippen LogP contribution < -0.4 is 19.5 Å². The van der Waals surface area contributed by atoms with E-state index >= 15 is 0 Å². The highest BCUT2D eigenvalue weighted by Gasteiger charge is 2.18. The van der Waals surface area contributed by atoms with Crippen molar-refractivity contribution in [2.45, 2.75) is 33.0 Å². The second-order valence-corrected chi connectivity index (χ2v) is 8.27. The molecule has 1 aliphatic heterocycles. The summed E-state index contributed by atoms with van der Waals surface area (Å²) in [6.07, 6.45) is 0. The first-order valence-electron chi connectivity index (χ1n) is 9.99. The SMILES string of the molecule is CC(C)NCc1ccc(COc2scc(-c3ccc4c(c3)OCCO4)c2C#N)cc1. The Morgan fingerprint density at radius 2 is 1.80 bits per heavy atom. The molecule has 1 aromatic heterocycles. The largest absolute Gasteiger partial charge is 0.486 e. The average Bonchev–Trinajstić information content (AvgIpc) is 3.19. The van der Waals surface area contributed by atoms with Crippen molar-refractivity contribution in [3.05, 3.63) is 64.5 Å². The van der Waals surface area contributed by atoms with Gasteiger partial charge in [-0.2, -0.15) is 5.26 Å². The molecule has 0 atom stereocenters. The molecule has 0 amide bonds. The van der Waals surface area contributed by atoms with Crippen molar-refractivity contribution >= 4 is 11.3 Å². The molecule has 0 unspecified atom stereocenters. The van der Waals surface area contributed by atoms with E-state index in [1.165, 1.54) is 16.9 Å². The van der Waals surface area contributed by atoms with Gasteiger partial charge in [-0.1, -0.05) is 44.2 Å². The van der Waals surface area contributed by atoms with Crippen LogP contribution in [0, 0.1) is 11.3 Å². The van der Waals surface area contributed by atoms with Gasteiger partial charge >= 0.3 is 0 Å². The Kier molecular flexibility index (Phi) is 6.22. The van der Waals surface area contributed by atoms with Gasteiger partial charge in [0, 0.05) is 23.5 Å². The summed E-state index contributed by atoms with van der Waals surface area (Å²) in [7, 11) is 0. The number of nitriles is 1. The maximum atomic E-state index is 9.74. The first-order chi connectivity index (χ1) is 14.6. The Bertz CT molecular complexity index is 1050. The molecule has 0 saturated carbocycles. The molecule has 2 heterocycles. The lowest BCUT2D eigenvalue weighted by molar-refractivity contribution is 0.171. The first kappa shape index (κ1) is 20.3. The number of ether oxygens (including phenoxy) is 3. The summed E-state index contributed by atoms with van der Waals surface area (Å²) in [5.74, 6) is 1.45. The highest BCUT2D eigenvalue weighted by molar-refractivity contribution is 7.12. The van der Waals surface area contributed by atoms with Crippen LogP contribution in [0.15, 0.2) is 47.8 Å². The third kappa shape index (κ3) is 4.59. The molecular weight excluding hydrogens is 396 g/mol. The molecule has 1 N–H and O–H groups in total. The maximum absolute atomic E-state index is 9.74. The summed E-state index contributed by atoms with van der Waals surface area (Å²) in [6, 6.07) is 16.9. The molecular formula is C24H24N2O3S. The fraction of sp³-hybridized carbons (Fsp3) is 0.292. The molecule has 0 aliphatic carbocycles. The zero-order chi connectivity index (χ0) is 20.9. The Morgan fingerprint density at radius 1 is 1.07 bits per heavy atom. The van der Waals surface area contributed by atoms with Gasteiger partial charge < -0.3 is 19.5 Å². The number of nitrogens with one attached hydrogen (secondary N) is 1. The van der Waals surface area contributed by atoms with Gasteiger partial charge in [0.15, 0.2) is 16.6 Å². The van der Waals surface area contributed by atoms with Gasteiger partial charge in [-0.3, -0.25) is 0 Å². The summed E-state index contributed by atoms with van der Waals surface area (Å²) in [4.78, 5) is 0. The van der Waals surface area contributed by atoms with Crippen LogP contribution in [0.1, 0.15) is 30.5 Å². The van der Waals surface area contributed by atoms with E-state index in [1.54, 1.807) is 0 Å². The summed E-state index contributed by atoms with van der Waals surface area (Å²) in [5, 5.41) is 15.7. The second kappa shape index (κ2) is 9.21. The maximum Gasteiger partial charge on any atom is 0.192 e. The quantitative estimate of drug-likeness (QED) is 0.574. The number of nitrogens with zero attached hydrogens (tertiary/aromatic N) is 1. The molecule has 6 heteroatoms. The molecule has 154 valence electrons. The molecule has 0 spiro atoms. The van der Waals surface area contributed by atoms with Crippen LogP contribution in [0.3, 0.4) is 0 Å². The van der Waals surface area contributed by atoms with Gasteiger partial charge in [0.2, 0.25) is 0 Å². The molecule has 0 fully saturated rings. The predicted molar refractivity (Wildman–Crippen MR) is 118 cm³/mol. The van der Waals surface area contributed by atoms with Gasteiger partial charge in [0.05, 0.1) is 0 Å². The van der Waals surface area contributed by atoms with Crippen LogP contribution in [0.25, 0.3) is 11.1 Å². The van der Waals surface area contributed by atoms with Gasteiger partial charge in [0.1, 0.15) is 31.5 Å². The van der Waals surface area contributed by atoms with E-state index in [4.69, 9.17) is 14.2 Å².